The van der Waals surface area contributed by atoms with E-state index in [1.54, 1.807) is 36.9 Å². The van der Waals surface area contributed by atoms with E-state index in [1.807, 2.05) is 6.08 Å². The maximum Gasteiger partial charge on any atom is 0.124 e. The Morgan fingerprint density at radius 3 is 1.66 bits per heavy atom. The van der Waals surface area contributed by atoms with Gasteiger partial charge < -0.3 is 22.9 Å². The van der Waals surface area contributed by atoms with Gasteiger partial charge in [0.2, 0.25) is 0 Å². The van der Waals surface area contributed by atoms with E-state index in [2.05, 4.69) is 189 Å². The van der Waals surface area contributed by atoms with Gasteiger partial charge in [0, 0.05) is 81.2 Å². The van der Waals surface area contributed by atoms with Crippen molar-refractivity contribution in [2.75, 3.05) is 0 Å². The summed E-state index contributed by atoms with van der Waals surface area (Å²) in [6, 6.07) is 1.42. The predicted molar refractivity (Wildman–Crippen MR) is 477 cm³/mol. The lowest BCUT2D eigenvalue weighted by Gasteiger charge is -2.41. The van der Waals surface area contributed by atoms with E-state index >= 15 is 4.39 Å². The minimum absolute atomic E-state index is 0.134. The van der Waals surface area contributed by atoms with Gasteiger partial charge in [-0.15, -0.1) is 58.8 Å². The van der Waals surface area contributed by atoms with E-state index in [9.17, 15) is 0 Å². The molecule has 6 heterocycles. The zero-order chi connectivity index (χ0) is 76.1. The standard InChI is InChI=1S/C94H159FN4S5Si/c1-19-27-33-37-39-43-49-105(48-42-38-34-28-20-2)78-58-74(101-91(78)92-79(105)59-75(102-92)69-55-72(95)84(94(16,17)18)88(99)86(69)97)68-54-67(60(9)10)82(87(98)85(68)96)77-56-70-83(76-53-66(47-41-36-30-22-4)73(100-76)52-64(26-8)45-32-24-6)90-71(57-80(104-90)93(13,14)15)81(89(70)103-77)62(12)51-65(46-40-35-29-21-3)61(11)50-63(25-7)44-31-23-5/h53-55,61-66,73-75,77-80,85-88,91-92H,9,19-52,56-59,96-99H2,1-8,10-18H3. The molecule has 1 aromatic rings. The summed E-state index contributed by atoms with van der Waals surface area (Å²) in [5.41, 5.74) is 45.5. The van der Waals surface area contributed by atoms with Crippen LogP contribution in [-0.4, -0.2) is 69.0 Å². The quantitative estimate of drug-likeness (QED) is 0.0376. The monoisotopic (exact) mass is 1550 g/mol. The maximum absolute atomic E-state index is 16.7. The zero-order valence-corrected chi connectivity index (χ0v) is 75.6. The Labute approximate surface area is 669 Å². The Bertz CT molecular complexity index is 3110. The molecule has 105 heavy (non-hydrogen) atoms. The Morgan fingerprint density at radius 1 is 0.571 bits per heavy atom. The molecule has 3 saturated heterocycles. The van der Waals surface area contributed by atoms with Crippen LogP contribution >= 0.6 is 58.8 Å². The Balaban J connectivity index is 1.15. The lowest BCUT2D eigenvalue weighted by atomic mass is 9.74. The van der Waals surface area contributed by atoms with E-state index in [-0.39, 0.29) is 45.3 Å². The van der Waals surface area contributed by atoms with Crippen molar-refractivity contribution in [3.8, 4) is 0 Å². The fourth-order valence-electron chi connectivity index (χ4n) is 21.8. The number of fused-ring (bicyclic) bond motifs is 5. The highest BCUT2D eigenvalue weighted by Gasteiger charge is 2.67. The number of rotatable bonds is 44. The Morgan fingerprint density at radius 2 is 1.10 bits per heavy atom. The number of allylic oxidation sites excluding steroid dienone is 6. The van der Waals surface area contributed by atoms with Crippen LogP contribution in [0.5, 0.6) is 0 Å². The molecule has 0 amide bonds. The molecule has 11 heteroatoms. The molecule has 596 valence electrons. The maximum atomic E-state index is 16.7. The second-order valence-corrected chi connectivity index (χ2v) is 49.4. The second kappa shape index (κ2) is 41.1. The molecule has 0 saturated carbocycles. The molecule has 8 aliphatic rings. The summed E-state index contributed by atoms with van der Waals surface area (Å²) >= 11 is 11.4. The molecule has 6 aliphatic heterocycles. The van der Waals surface area contributed by atoms with Crippen LogP contribution < -0.4 is 22.9 Å². The van der Waals surface area contributed by atoms with E-state index in [1.165, 1.54) is 241 Å². The summed E-state index contributed by atoms with van der Waals surface area (Å²) in [5.74, 6) is 3.94. The SMILES string of the molecule is C=C(C)C1=C(C2Cc3c(c(C(C)CC(CCCCCC)C(C)CC(CC)CCCC)c4c(c3C3=CC(CCCCCC)C(CC(CC)CCCC)S3)SC(C(C)(C)C)C4)S2)C(N)C(N)C(C2CC3C(S2)C2SC(C4=CC(F)=C(C(C)(C)C)C(N)C4N)CC2[Si]3(CCCCCCC)CCCCCCCC)=C1. The van der Waals surface area contributed by atoms with Crippen LogP contribution in [0.2, 0.25) is 23.2 Å². The number of hydrogen-bond acceptors (Lipinski definition) is 9. The average Bonchev–Trinajstić information content (AvgIpc) is 1.54. The van der Waals surface area contributed by atoms with Gasteiger partial charge in [-0.05, 0) is 166 Å². The predicted octanol–water partition coefficient (Wildman–Crippen LogP) is 28.4. The van der Waals surface area contributed by atoms with Gasteiger partial charge in [0.15, 0.2) is 0 Å². The third-order valence-corrected chi connectivity index (χ3v) is 43.6. The number of hydrogen-bond donors (Lipinski definition) is 4. The number of nitrogens with two attached hydrogens (primary N) is 4. The van der Waals surface area contributed by atoms with E-state index in [0.717, 1.165) is 47.8 Å². The average molecular weight is 1550 g/mol. The van der Waals surface area contributed by atoms with E-state index in [0.29, 0.717) is 61.0 Å². The molecule has 8 N–H and O–H groups in total. The highest BCUT2D eigenvalue weighted by atomic mass is 32.2. The fourth-order valence-corrected chi connectivity index (χ4v) is 40.6. The first-order valence-electron chi connectivity index (χ1n) is 44.7. The number of thioether (sulfide) groups is 5. The van der Waals surface area contributed by atoms with E-state index < -0.39 is 14.1 Å². The minimum Gasteiger partial charge on any atom is -0.323 e. The topological polar surface area (TPSA) is 104 Å². The third kappa shape index (κ3) is 21.1. The van der Waals surface area contributed by atoms with Gasteiger partial charge >= 0.3 is 0 Å². The smallest absolute Gasteiger partial charge is 0.124 e. The highest BCUT2D eigenvalue weighted by molar-refractivity contribution is 8.09. The Kier molecular flexibility index (Phi) is 34.6. The van der Waals surface area contributed by atoms with Crippen molar-refractivity contribution in [3.63, 3.8) is 0 Å². The second-order valence-electron chi connectivity index (χ2n) is 38.0. The lowest BCUT2D eigenvalue weighted by molar-refractivity contribution is 0.232. The van der Waals surface area contributed by atoms with Gasteiger partial charge in [-0.1, -0.05) is 327 Å². The van der Waals surface area contributed by atoms with Crippen molar-refractivity contribution in [2.24, 2.45) is 63.4 Å². The number of unbranched alkanes of at least 4 members (excludes halogenated alkanes) is 17. The summed E-state index contributed by atoms with van der Waals surface area (Å²) in [6.45, 7) is 45.7. The van der Waals surface area contributed by atoms with Crippen LogP contribution in [0, 0.1) is 40.4 Å². The molecule has 4 nitrogen and oxygen atoms in total. The molecule has 2 aliphatic carbocycles. The molecule has 0 radical (unpaired) electrons. The molecule has 0 bridgehead atoms. The minimum atomic E-state index is -2.00. The van der Waals surface area contributed by atoms with Gasteiger partial charge in [-0.3, -0.25) is 0 Å². The molecule has 1 aromatic carbocycles. The molecule has 3 fully saturated rings. The first-order valence-corrected chi connectivity index (χ1v) is 51.8. The van der Waals surface area contributed by atoms with Crippen LogP contribution in [0.15, 0.2) is 73.9 Å². The molecule has 20 unspecified atom stereocenters. The number of halogens is 1. The normalized spacial score (nSPS) is 30.4. The summed E-state index contributed by atoms with van der Waals surface area (Å²) in [4.78, 5) is 4.92. The largest absolute Gasteiger partial charge is 0.323 e. The van der Waals surface area contributed by atoms with Crippen molar-refractivity contribution in [1.29, 1.82) is 0 Å². The summed E-state index contributed by atoms with van der Waals surface area (Å²) < 4.78 is 16.7. The summed E-state index contributed by atoms with van der Waals surface area (Å²) in [7, 11) is -2.00. The van der Waals surface area contributed by atoms with Gasteiger partial charge in [0.05, 0.1) is 8.07 Å². The van der Waals surface area contributed by atoms with Crippen LogP contribution in [0.3, 0.4) is 0 Å². The van der Waals surface area contributed by atoms with E-state index in [4.69, 9.17) is 29.5 Å². The molecule has 0 aromatic heterocycles. The summed E-state index contributed by atoms with van der Waals surface area (Å²) in [6.07, 6.45) is 54.5. The fraction of sp³-hybridized carbons (Fsp3) is 0.809. The molecule has 20 atom stereocenters. The highest BCUT2D eigenvalue weighted by Crippen LogP contribution is 2.72. The first kappa shape index (κ1) is 88.3. The molecular formula is C94H159FN4S5Si. The van der Waals surface area contributed by atoms with Crippen LogP contribution in [-0.2, 0) is 12.8 Å². The Hall–Kier alpha value is -0.603. The van der Waals surface area contributed by atoms with Crippen molar-refractivity contribution in [1.82, 2.24) is 0 Å². The van der Waals surface area contributed by atoms with Gasteiger partial charge in [-0.25, -0.2) is 4.39 Å². The first-order chi connectivity index (χ1) is 50.2. The molecular weight excluding hydrogens is 1390 g/mol. The summed E-state index contributed by atoms with van der Waals surface area (Å²) in [5, 5.41) is 2.94. The van der Waals surface area contributed by atoms with Gasteiger partial charge in [0.25, 0.3) is 0 Å². The van der Waals surface area contributed by atoms with Crippen molar-refractivity contribution in [3.05, 3.63) is 86.3 Å². The molecule has 9 rings (SSSR count). The van der Waals surface area contributed by atoms with Crippen LogP contribution in [0.4, 0.5) is 4.39 Å². The number of benzene rings is 1. The van der Waals surface area contributed by atoms with Crippen molar-refractivity contribution >= 4 is 71.8 Å². The van der Waals surface area contributed by atoms with Crippen molar-refractivity contribution < 1.29 is 4.39 Å². The zero-order valence-electron chi connectivity index (χ0n) is 70.5. The van der Waals surface area contributed by atoms with Crippen LogP contribution in [0.25, 0.3) is 4.91 Å². The third-order valence-electron chi connectivity index (χ3n) is 28.1. The van der Waals surface area contributed by atoms with Crippen molar-refractivity contribution in [2.45, 2.75) is 449 Å². The van der Waals surface area contributed by atoms with Gasteiger partial charge in [0.1, 0.15) is 5.83 Å². The van der Waals surface area contributed by atoms with Gasteiger partial charge in [-0.2, -0.15) is 0 Å². The lowest BCUT2D eigenvalue weighted by Crippen LogP contribution is -2.50. The molecule has 0 spiro atoms. The van der Waals surface area contributed by atoms with Crippen LogP contribution in [0.1, 0.15) is 364 Å².